The van der Waals surface area contributed by atoms with E-state index >= 15 is 0 Å². The molecule has 1 saturated heterocycles. The van der Waals surface area contributed by atoms with Crippen LogP contribution in [0.15, 0.2) is 0 Å². The van der Waals surface area contributed by atoms with Gasteiger partial charge in [-0.05, 0) is 24.7 Å². The predicted octanol–water partition coefficient (Wildman–Crippen LogP) is 1.24. The van der Waals surface area contributed by atoms with Gasteiger partial charge in [-0.1, -0.05) is 20.8 Å². The lowest BCUT2D eigenvalue weighted by Gasteiger charge is -2.32. The van der Waals surface area contributed by atoms with E-state index in [2.05, 4.69) is 25.7 Å². The molecular weight excluding hydrogens is 190 g/mol. The van der Waals surface area contributed by atoms with Crippen LogP contribution in [0.3, 0.4) is 0 Å². The Balaban J connectivity index is 2.20. The summed E-state index contributed by atoms with van der Waals surface area (Å²) in [6.45, 7) is 9.09. The first-order valence-electron chi connectivity index (χ1n) is 5.98. The van der Waals surface area contributed by atoms with Crippen LogP contribution in [0.5, 0.6) is 0 Å². The molecule has 90 valence electrons. The molecule has 1 heterocycles. The molecule has 1 aliphatic heterocycles. The average molecular weight is 215 g/mol. The third-order valence-electron chi connectivity index (χ3n) is 3.28. The maximum atomic E-state index is 9.89. The van der Waals surface area contributed by atoms with Gasteiger partial charge >= 0.3 is 0 Å². The fourth-order valence-electron chi connectivity index (χ4n) is 1.88. The first-order valence-corrected chi connectivity index (χ1v) is 5.98. The van der Waals surface area contributed by atoms with Gasteiger partial charge in [0.05, 0.1) is 12.2 Å². The Labute approximate surface area is 93.1 Å². The van der Waals surface area contributed by atoms with Gasteiger partial charge in [0, 0.05) is 19.6 Å². The van der Waals surface area contributed by atoms with Gasteiger partial charge in [0.1, 0.15) is 0 Å². The number of aliphatic hydroxyl groups is 2. The summed E-state index contributed by atoms with van der Waals surface area (Å²) in [5, 5.41) is 19.2. The lowest BCUT2D eigenvalue weighted by Crippen LogP contribution is -2.39. The molecule has 0 aliphatic carbocycles. The van der Waals surface area contributed by atoms with Crippen LogP contribution < -0.4 is 0 Å². The minimum Gasteiger partial charge on any atom is -0.393 e. The van der Waals surface area contributed by atoms with Gasteiger partial charge in [-0.3, -0.25) is 0 Å². The molecule has 3 heteroatoms. The second-order valence-electron chi connectivity index (χ2n) is 5.74. The Kier molecular flexibility index (Phi) is 4.56. The van der Waals surface area contributed by atoms with E-state index in [-0.39, 0.29) is 17.6 Å². The summed E-state index contributed by atoms with van der Waals surface area (Å²) in [6, 6.07) is 0. The summed E-state index contributed by atoms with van der Waals surface area (Å²) in [5.41, 5.74) is -0.0186. The smallest absolute Gasteiger partial charge is 0.0600 e. The van der Waals surface area contributed by atoms with Crippen LogP contribution in [0.25, 0.3) is 0 Å². The van der Waals surface area contributed by atoms with Gasteiger partial charge in [0.2, 0.25) is 0 Å². The van der Waals surface area contributed by atoms with E-state index in [1.54, 1.807) is 0 Å². The molecule has 1 fully saturated rings. The summed E-state index contributed by atoms with van der Waals surface area (Å²) in [7, 11) is 0. The molecule has 0 aromatic heterocycles. The van der Waals surface area contributed by atoms with Crippen LogP contribution in [0.4, 0.5) is 0 Å². The largest absolute Gasteiger partial charge is 0.393 e. The second-order valence-corrected chi connectivity index (χ2v) is 5.74. The molecule has 15 heavy (non-hydrogen) atoms. The van der Waals surface area contributed by atoms with Crippen LogP contribution in [0.1, 0.15) is 40.0 Å². The number of aliphatic hydroxyl groups excluding tert-OH is 2. The highest BCUT2D eigenvalue weighted by atomic mass is 16.3. The maximum absolute atomic E-state index is 9.89. The lowest BCUT2D eigenvalue weighted by atomic mass is 9.87. The third-order valence-corrected chi connectivity index (χ3v) is 3.28. The molecular formula is C12H25NO2. The fraction of sp³-hybridized carbons (Fsp3) is 1.00. The van der Waals surface area contributed by atoms with E-state index in [0.717, 1.165) is 38.9 Å². The molecule has 0 spiro atoms. The highest BCUT2D eigenvalue weighted by molar-refractivity contribution is 4.76. The molecule has 1 atom stereocenters. The van der Waals surface area contributed by atoms with Crippen LogP contribution in [-0.2, 0) is 0 Å². The summed E-state index contributed by atoms with van der Waals surface area (Å²) in [6.07, 6.45) is 2.26. The van der Waals surface area contributed by atoms with Crippen molar-refractivity contribution in [3.8, 4) is 0 Å². The minimum absolute atomic E-state index is 0.0186. The average Bonchev–Trinajstić information content (AvgIpc) is 2.15. The van der Waals surface area contributed by atoms with Gasteiger partial charge < -0.3 is 15.1 Å². The highest BCUT2D eigenvalue weighted by Crippen LogP contribution is 2.22. The summed E-state index contributed by atoms with van der Waals surface area (Å²) >= 11 is 0. The van der Waals surface area contributed by atoms with Crippen molar-refractivity contribution in [1.82, 2.24) is 4.90 Å². The fourth-order valence-corrected chi connectivity index (χ4v) is 1.88. The molecule has 3 nitrogen and oxygen atoms in total. The number of likely N-dealkylation sites (tertiary alicyclic amines) is 1. The molecule has 1 aliphatic rings. The van der Waals surface area contributed by atoms with Gasteiger partial charge in [-0.15, -0.1) is 0 Å². The first-order chi connectivity index (χ1) is 6.89. The zero-order chi connectivity index (χ0) is 11.5. The van der Waals surface area contributed by atoms with Crippen molar-refractivity contribution in [3.63, 3.8) is 0 Å². The molecule has 1 rings (SSSR count). The van der Waals surface area contributed by atoms with Crippen molar-refractivity contribution in [2.45, 2.75) is 52.2 Å². The van der Waals surface area contributed by atoms with Gasteiger partial charge in [0.25, 0.3) is 0 Å². The van der Waals surface area contributed by atoms with E-state index in [1.807, 2.05) is 0 Å². The summed E-state index contributed by atoms with van der Waals surface area (Å²) in [5.74, 6) is 0. The van der Waals surface area contributed by atoms with Crippen LogP contribution in [0.2, 0.25) is 0 Å². The lowest BCUT2D eigenvalue weighted by molar-refractivity contribution is 0.0332. The molecule has 1 unspecified atom stereocenters. The highest BCUT2D eigenvalue weighted by Gasteiger charge is 2.23. The molecule has 0 radical (unpaired) electrons. The Morgan fingerprint density at radius 3 is 2.27 bits per heavy atom. The zero-order valence-electron chi connectivity index (χ0n) is 10.2. The number of nitrogens with zero attached hydrogens (tertiary/aromatic N) is 1. The molecule has 0 saturated carbocycles. The van der Waals surface area contributed by atoms with Gasteiger partial charge in [-0.25, -0.2) is 0 Å². The topological polar surface area (TPSA) is 43.7 Å². The normalized spacial score (nSPS) is 23.0. The van der Waals surface area contributed by atoms with E-state index in [9.17, 15) is 10.2 Å². The first kappa shape index (κ1) is 12.9. The number of rotatable bonds is 3. The quantitative estimate of drug-likeness (QED) is 0.744. The van der Waals surface area contributed by atoms with Crippen molar-refractivity contribution in [1.29, 1.82) is 0 Å². The molecule has 0 aromatic rings. The predicted molar refractivity (Wildman–Crippen MR) is 61.8 cm³/mol. The molecule has 0 aromatic carbocycles. The van der Waals surface area contributed by atoms with E-state index in [0.29, 0.717) is 0 Å². The van der Waals surface area contributed by atoms with Crippen LogP contribution in [0, 0.1) is 5.41 Å². The number of hydrogen-bond donors (Lipinski definition) is 2. The van der Waals surface area contributed by atoms with Gasteiger partial charge in [0.15, 0.2) is 0 Å². The van der Waals surface area contributed by atoms with E-state index < -0.39 is 0 Å². The Hall–Kier alpha value is -0.120. The molecule has 0 amide bonds. The van der Waals surface area contributed by atoms with Crippen molar-refractivity contribution in [3.05, 3.63) is 0 Å². The third kappa shape index (κ3) is 4.49. The summed E-state index contributed by atoms with van der Waals surface area (Å²) in [4.78, 5) is 2.34. The zero-order valence-corrected chi connectivity index (χ0v) is 10.2. The van der Waals surface area contributed by atoms with Crippen molar-refractivity contribution in [2.24, 2.45) is 5.41 Å². The number of piperidine rings is 1. The van der Waals surface area contributed by atoms with Crippen LogP contribution >= 0.6 is 0 Å². The Morgan fingerprint density at radius 1 is 1.27 bits per heavy atom. The van der Waals surface area contributed by atoms with Crippen molar-refractivity contribution in [2.75, 3.05) is 19.6 Å². The number of hydrogen-bond acceptors (Lipinski definition) is 3. The van der Waals surface area contributed by atoms with E-state index in [1.165, 1.54) is 0 Å². The van der Waals surface area contributed by atoms with Gasteiger partial charge in [-0.2, -0.15) is 0 Å². The van der Waals surface area contributed by atoms with Crippen molar-refractivity contribution >= 4 is 0 Å². The SMILES string of the molecule is CC(C)(C)C(O)CCN1CCC(O)CC1. The van der Waals surface area contributed by atoms with E-state index in [4.69, 9.17) is 0 Å². The monoisotopic (exact) mass is 215 g/mol. The molecule has 2 N–H and O–H groups in total. The Morgan fingerprint density at radius 2 is 1.80 bits per heavy atom. The Bertz CT molecular complexity index is 181. The summed E-state index contributed by atoms with van der Waals surface area (Å²) < 4.78 is 0. The maximum Gasteiger partial charge on any atom is 0.0600 e. The van der Waals surface area contributed by atoms with Crippen LogP contribution in [-0.4, -0.2) is 47.0 Å². The standard InChI is InChI=1S/C12H25NO2/c1-12(2,3)11(15)6-9-13-7-4-10(14)5-8-13/h10-11,14-15H,4-9H2,1-3H3. The second kappa shape index (κ2) is 5.28. The van der Waals surface area contributed by atoms with Crippen molar-refractivity contribution < 1.29 is 10.2 Å². The minimum atomic E-state index is -0.232. The molecule has 0 bridgehead atoms.